The molecule has 17 rings (SSSR count). The van der Waals surface area contributed by atoms with Crippen LogP contribution in [0.25, 0.3) is 137 Å². The lowest BCUT2D eigenvalue weighted by Crippen LogP contribution is -2.28. The van der Waals surface area contributed by atoms with Crippen molar-refractivity contribution < 1.29 is 0 Å². The molecule has 13 aromatic carbocycles. The van der Waals surface area contributed by atoms with Gasteiger partial charge in [-0.15, -0.1) is 11.3 Å². The third-order valence-electron chi connectivity index (χ3n) is 17.7. The third-order valence-corrected chi connectivity index (χ3v) is 18.8. The van der Waals surface area contributed by atoms with Crippen molar-refractivity contribution in [2.24, 2.45) is 0 Å². The van der Waals surface area contributed by atoms with Gasteiger partial charge in [-0.1, -0.05) is 243 Å². The van der Waals surface area contributed by atoms with Crippen molar-refractivity contribution in [1.82, 2.24) is 19.5 Å². The average Bonchev–Trinajstić information content (AvgIpc) is 1.61. The van der Waals surface area contributed by atoms with E-state index in [2.05, 4.69) is 302 Å². The molecule has 1 aliphatic rings. The van der Waals surface area contributed by atoms with Crippen molar-refractivity contribution in [1.29, 1.82) is 0 Å². The molecule has 0 unspecified atom stereocenters. The highest BCUT2D eigenvalue weighted by Crippen LogP contribution is 2.57. The van der Waals surface area contributed by atoms with E-state index >= 15 is 0 Å². The molecular weight excluding hydrogens is 1070 g/mol. The second-order valence-electron chi connectivity index (χ2n) is 22.6. The lowest BCUT2D eigenvalue weighted by atomic mass is 9.68. The number of fused-ring (bicyclic) bond motifs is 9. The molecule has 0 atom stereocenters. The highest BCUT2D eigenvalue weighted by molar-refractivity contribution is 7.26. The van der Waals surface area contributed by atoms with E-state index in [-0.39, 0.29) is 0 Å². The Morgan fingerprint density at radius 1 is 0.264 bits per heavy atom. The molecule has 0 saturated carbocycles. The Bertz CT molecular complexity index is 5230. The molecule has 4 nitrogen and oxygen atoms in total. The molecule has 0 spiro atoms. The predicted octanol–water partition coefficient (Wildman–Crippen LogP) is 21.4. The van der Waals surface area contributed by atoms with Crippen LogP contribution in [0.15, 0.2) is 315 Å². The molecule has 0 amide bonds. The first-order valence-corrected chi connectivity index (χ1v) is 30.5. The van der Waals surface area contributed by atoms with Crippen molar-refractivity contribution >= 4 is 53.3 Å². The van der Waals surface area contributed by atoms with Gasteiger partial charge in [-0.25, -0.2) is 15.0 Å². The minimum Gasteiger partial charge on any atom is -0.309 e. The van der Waals surface area contributed by atoms with Crippen LogP contribution >= 0.6 is 11.3 Å². The summed E-state index contributed by atoms with van der Waals surface area (Å²) in [5.41, 5.74) is 22.6. The maximum atomic E-state index is 5.42. The number of benzene rings is 13. The van der Waals surface area contributed by atoms with E-state index in [1.54, 1.807) is 11.3 Å². The third kappa shape index (κ3) is 8.38. The molecule has 0 fully saturated rings. The summed E-state index contributed by atoms with van der Waals surface area (Å²) >= 11 is 1.81. The van der Waals surface area contributed by atoms with E-state index < -0.39 is 5.41 Å². The van der Waals surface area contributed by atoms with Crippen LogP contribution in [0.5, 0.6) is 0 Å². The van der Waals surface area contributed by atoms with E-state index in [4.69, 9.17) is 15.0 Å². The lowest BCUT2D eigenvalue weighted by Gasteiger charge is -2.33. The van der Waals surface area contributed by atoms with Crippen LogP contribution in [-0.2, 0) is 5.41 Å². The Balaban J connectivity index is 0.779. The van der Waals surface area contributed by atoms with Gasteiger partial charge in [0.2, 0.25) is 0 Å². The number of aromatic nitrogens is 4. The zero-order valence-electron chi connectivity index (χ0n) is 47.2. The summed E-state index contributed by atoms with van der Waals surface area (Å²) in [5.74, 6) is 1.87. The first-order chi connectivity index (χ1) is 43.1. The van der Waals surface area contributed by atoms with E-state index in [9.17, 15) is 0 Å². The van der Waals surface area contributed by atoms with Crippen LogP contribution < -0.4 is 0 Å². The van der Waals surface area contributed by atoms with Crippen molar-refractivity contribution in [2.75, 3.05) is 0 Å². The van der Waals surface area contributed by atoms with Gasteiger partial charge in [0, 0.05) is 53.3 Å². The molecule has 0 bridgehead atoms. The molecule has 5 heteroatoms. The maximum absolute atomic E-state index is 5.42. The lowest BCUT2D eigenvalue weighted by molar-refractivity contribution is 0.768. The minimum atomic E-state index is -0.462. The van der Waals surface area contributed by atoms with E-state index in [1.165, 1.54) is 75.6 Å². The zero-order chi connectivity index (χ0) is 57.4. The fourth-order valence-electron chi connectivity index (χ4n) is 13.8. The fraction of sp³-hybridized carbons (Fsp3) is 0.0122. The topological polar surface area (TPSA) is 43.6 Å². The second kappa shape index (κ2) is 20.6. The number of rotatable bonds is 10. The first-order valence-electron chi connectivity index (χ1n) is 29.6. The molecule has 0 aliphatic heterocycles. The normalized spacial score (nSPS) is 12.5. The zero-order valence-corrected chi connectivity index (χ0v) is 48.0. The van der Waals surface area contributed by atoms with E-state index in [0.29, 0.717) is 17.5 Å². The second-order valence-corrected chi connectivity index (χ2v) is 23.7. The van der Waals surface area contributed by atoms with Gasteiger partial charge in [-0.2, -0.15) is 0 Å². The first kappa shape index (κ1) is 50.4. The largest absolute Gasteiger partial charge is 0.309 e. The number of nitrogens with zero attached hydrogens (tertiary/aromatic N) is 4. The van der Waals surface area contributed by atoms with Crippen molar-refractivity contribution in [3.8, 4) is 95.5 Å². The van der Waals surface area contributed by atoms with Gasteiger partial charge in [0.25, 0.3) is 0 Å². The molecule has 3 heterocycles. The van der Waals surface area contributed by atoms with Crippen LogP contribution in [0.1, 0.15) is 22.3 Å². The number of hydrogen-bond donors (Lipinski definition) is 0. The maximum Gasteiger partial charge on any atom is 0.164 e. The molecule has 0 N–H and O–H groups in total. The van der Waals surface area contributed by atoms with E-state index in [1.807, 2.05) is 18.2 Å². The quantitative estimate of drug-likeness (QED) is 0.137. The van der Waals surface area contributed by atoms with Crippen LogP contribution in [-0.4, -0.2) is 19.5 Å². The van der Waals surface area contributed by atoms with Gasteiger partial charge in [0.1, 0.15) is 0 Å². The Labute approximate surface area is 508 Å². The fourth-order valence-corrected chi connectivity index (χ4v) is 14.9. The average molecular weight is 1130 g/mol. The predicted molar refractivity (Wildman–Crippen MR) is 362 cm³/mol. The smallest absolute Gasteiger partial charge is 0.164 e. The number of para-hydroxylation sites is 1. The van der Waals surface area contributed by atoms with Crippen LogP contribution in [0.3, 0.4) is 0 Å². The molecule has 1 aliphatic carbocycles. The number of thiophene rings is 1. The van der Waals surface area contributed by atoms with Gasteiger partial charge >= 0.3 is 0 Å². The summed E-state index contributed by atoms with van der Waals surface area (Å²) in [4.78, 5) is 16.0. The molecule has 87 heavy (non-hydrogen) atoms. The molecule has 406 valence electrons. The molecule has 3 aromatic heterocycles. The van der Waals surface area contributed by atoms with Crippen LogP contribution in [0.2, 0.25) is 0 Å². The summed E-state index contributed by atoms with van der Waals surface area (Å²) in [6.07, 6.45) is 0. The molecule has 0 radical (unpaired) electrons. The molecular formula is C82H52N4S. The Hall–Kier alpha value is -11.1. The van der Waals surface area contributed by atoms with Crippen molar-refractivity contribution in [3.05, 3.63) is 338 Å². The Kier molecular flexibility index (Phi) is 11.9. The Morgan fingerprint density at radius 3 is 1.45 bits per heavy atom. The molecule has 16 aromatic rings. The van der Waals surface area contributed by atoms with Gasteiger partial charge in [0.05, 0.1) is 16.4 Å². The summed E-state index contributed by atoms with van der Waals surface area (Å²) < 4.78 is 4.84. The van der Waals surface area contributed by atoms with Gasteiger partial charge < -0.3 is 4.57 Å². The summed E-state index contributed by atoms with van der Waals surface area (Å²) in [7, 11) is 0. The standard InChI is InChI=1S/C82H52N4S/c1-6-22-53(23-7-1)60-47-61(54-24-8-2-9-25-54)49-62(48-60)56-28-20-29-59(46-56)80-83-79(55-26-10-3-11-27-55)84-81(85-80)68-36-21-39-77-78(68)71-51-58(41-45-76(71)87-77)57-40-44-75-70(50-57)67-35-17-19-38-74(67)86(75)65-42-43-73-69(52-65)66-34-16-18-37-72(66)82(73,63-30-12-4-13-31-63)64-32-14-5-15-33-64/h1-52H. The van der Waals surface area contributed by atoms with E-state index in [0.717, 1.165) is 66.7 Å². The number of hydrogen-bond acceptors (Lipinski definition) is 4. The Morgan fingerprint density at radius 2 is 0.747 bits per heavy atom. The van der Waals surface area contributed by atoms with Crippen LogP contribution in [0.4, 0.5) is 0 Å². The summed E-state index contributed by atoms with van der Waals surface area (Å²) in [6, 6.07) is 115. The monoisotopic (exact) mass is 1120 g/mol. The van der Waals surface area contributed by atoms with Gasteiger partial charge in [0.15, 0.2) is 17.5 Å². The van der Waals surface area contributed by atoms with Crippen molar-refractivity contribution in [3.63, 3.8) is 0 Å². The van der Waals surface area contributed by atoms with Crippen molar-refractivity contribution in [2.45, 2.75) is 5.41 Å². The highest BCUT2D eigenvalue weighted by Gasteiger charge is 2.46. The summed E-state index contributed by atoms with van der Waals surface area (Å²) in [5, 5.41) is 4.72. The SMILES string of the molecule is c1ccc(-c2cc(-c3ccccc3)cc(-c3cccc(-c4nc(-c5ccccc5)nc(-c5cccc6sc7ccc(-c8ccc9c(c8)c8ccccc8n9-c8ccc9c(c8)-c8ccccc8C9(c8ccccc8)c8ccccc8)cc7c56)n4)c3)c2)cc1. The highest BCUT2D eigenvalue weighted by atomic mass is 32.1. The minimum absolute atomic E-state index is 0.462. The summed E-state index contributed by atoms with van der Waals surface area (Å²) in [6.45, 7) is 0. The van der Waals surface area contributed by atoms with Crippen LogP contribution in [0, 0.1) is 0 Å². The molecule has 0 saturated heterocycles. The van der Waals surface area contributed by atoms with Gasteiger partial charge in [-0.05, 0) is 151 Å². The van der Waals surface area contributed by atoms with Gasteiger partial charge in [-0.3, -0.25) is 0 Å².